The summed E-state index contributed by atoms with van der Waals surface area (Å²) in [7, 11) is 0. The predicted octanol–water partition coefficient (Wildman–Crippen LogP) is 4.22. The quantitative estimate of drug-likeness (QED) is 0.615. The van der Waals surface area contributed by atoms with Crippen molar-refractivity contribution in [2.24, 2.45) is 0 Å². The van der Waals surface area contributed by atoms with Crippen LogP contribution in [-0.4, -0.2) is 27.8 Å². The molecule has 1 heterocycles. The van der Waals surface area contributed by atoms with E-state index in [2.05, 4.69) is 15.9 Å². The zero-order valence-electron chi connectivity index (χ0n) is 14.0. The van der Waals surface area contributed by atoms with Gasteiger partial charge in [0.25, 0.3) is 11.8 Å². The van der Waals surface area contributed by atoms with Crippen LogP contribution in [0, 0.1) is 0 Å². The number of hydrogen-bond donors (Lipinski definition) is 1. The van der Waals surface area contributed by atoms with Gasteiger partial charge < -0.3 is 9.52 Å². The Labute approximate surface area is 163 Å². The Hall–Kier alpha value is -3.19. The number of carbonyl (C=O) groups excluding carboxylic acids is 2. The molecule has 0 aliphatic rings. The molecule has 0 spiro atoms. The number of hydrogen-bond acceptors (Lipinski definition) is 4. The summed E-state index contributed by atoms with van der Waals surface area (Å²) in [4.78, 5) is 38.6. The molecular formula is C20H14BrNO5. The highest BCUT2D eigenvalue weighted by Gasteiger charge is 2.29. The highest BCUT2D eigenvalue weighted by Crippen LogP contribution is 2.22. The minimum atomic E-state index is -1.25. The summed E-state index contributed by atoms with van der Waals surface area (Å²) >= 11 is 3.31. The third kappa shape index (κ3) is 3.98. The first kappa shape index (κ1) is 18.6. The van der Waals surface area contributed by atoms with Crippen molar-refractivity contribution in [1.29, 1.82) is 0 Å². The van der Waals surface area contributed by atoms with Crippen molar-refractivity contribution in [3.8, 4) is 0 Å². The highest BCUT2D eigenvalue weighted by atomic mass is 79.9. The summed E-state index contributed by atoms with van der Waals surface area (Å²) < 4.78 is 5.80. The number of carboxylic acid groups (broad SMARTS) is 1. The van der Waals surface area contributed by atoms with Gasteiger partial charge >= 0.3 is 5.97 Å². The molecule has 3 rings (SSSR count). The number of aromatic carboxylic acids is 1. The smallest absolute Gasteiger partial charge is 0.336 e. The van der Waals surface area contributed by atoms with Gasteiger partial charge in [0, 0.05) is 4.47 Å². The molecule has 0 bridgehead atoms. The minimum absolute atomic E-state index is 0.0723. The van der Waals surface area contributed by atoms with Crippen LogP contribution in [0.15, 0.2) is 75.8 Å². The number of furan rings is 1. The van der Waals surface area contributed by atoms with E-state index in [9.17, 15) is 19.5 Å². The van der Waals surface area contributed by atoms with Crippen molar-refractivity contribution < 1.29 is 23.9 Å². The zero-order valence-corrected chi connectivity index (χ0v) is 15.5. The van der Waals surface area contributed by atoms with Crippen LogP contribution in [0.25, 0.3) is 0 Å². The fourth-order valence-corrected chi connectivity index (χ4v) is 3.03. The van der Waals surface area contributed by atoms with Crippen LogP contribution in [0.3, 0.4) is 0 Å². The second-order valence-corrected chi connectivity index (χ2v) is 6.46. The van der Waals surface area contributed by atoms with Crippen LogP contribution in [0.5, 0.6) is 0 Å². The average Bonchev–Trinajstić information content (AvgIpc) is 3.18. The summed E-state index contributed by atoms with van der Waals surface area (Å²) in [6.45, 7) is -0.125. The van der Waals surface area contributed by atoms with Gasteiger partial charge in [-0.15, -0.1) is 0 Å². The van der Waals surface area contributed by atoms with E-state index in [-0.39, 0.29) is 23.2 Å². The lowest BCUT2D eigenvalue weighted by molar-refractivity contribution is 0.0579. The summed E-state index contributed by atoms with van der Waals surface area (Å²) in [6, 6.07) is 15.8. The first-order chi connectivity index (χ1) is 13.0. The number of halogens is 1. The Morgan fingerprint density at radius 1 is 0.852 bits per heavy atom. The molecule has 3 aromatic rings. The van der Waals surface area contributed by atoms with Gasteiger partial charge in [-0.1, -0.05) is 24.3 Å². The van der Waals surface area contributed by atoms with E-state index in [1.54, 1.807) is 42.5 Å². The van der Waals surface area contributed by atoms with E-state index in [1.807, 2.05) is 0 Å². The molecule has 1 aromatic heterocycles. The number of imide groups is 1. The van der Waals surface area contributed by atoms with Crippen molar-refractivity contribution in [3.63, 3.8) is 0 Å². The molecule has 1 N–H and O–H groups in total. The van der Waals surface area contributed by atoms with E-state index < -0.39 is 17.8 Å². The topological polar surface area (TPSA) is 87.8 Å². The number of amides is 2. The lowest BCUT2D eigenvalue weighted by Crippen LogP contribution is -2.37. The maximum Gasteiger partial charge on any atom is 0.336 e. The van der Waals surface area contributed by atoms with E-state index in [4.69, 9.17) is 4.42 Å². The predicted molar refractivity (Wildman–Crippen MR) is 100 cm³/mol. The Bertz CT molecular complexity index is 997. The van der Waals surface area contributed by atoms with Crippen molar-refractivity contribution >= 4 is 33.7 Å². The number of benzene rings is 2. The van der Waals surface area contributed by atoms with Crippen LogP contribution in [0.4, 0.5) is 0 Å². The van der Waals surface area contributed by atoms with Crippen molar-refractivity contribution in [2.75, 3.05) is 0 Å². The molecule has 0 aliphatic carbocycles. The molecule has 7 heteroatoms. The SMILES string of the molecule is O=C(O)c1ccccc1C(=O)N(Cc1ccco1)C(=O)c1ccccc1Br. The van der Waals surface area contributed by atoms with Gasteiger partial charge in [-0.3, -0.25) is 14.5 Å². The first-order valence-corrected chi connectivity index (χ1v) is 8.73. The van der Waals surface area contributed by atoms with Gasteiger partial charge in [-0.2, -0.15) is 0 Å². The molecule has 0 radical (unpaired) electrons. The summed E-state index contributed by atoms with van der Waals surface area (Å²) in [5.41, 5.74) is 0.0362. The van der Waals surface area contributed by atoms with Crippen LogP contribution >= 0.6 is 15.9 Å². The fourth-order valence-electron chi connectivity index (χ4n) is 2.58. The van der Waals surface area contributed by atoms with Gasteiger partial charge in [0.2, 0.25) is 0 Å². The molecular weight excluding hydrogens is 414 g/mol. The number of rotatable bonds is 5. The second-order valence-electron chi connectivity index (χ2n) is 5.61. The highest BCUT2D eigenvalue weighted by molar-refractivity contribution is 9.10. The van der Waals surface area contributed by atoms with Gasteiger partial charge in [0.15, 0.2) is 0 Å². The number of carboxylic acids is 1. The Kier molecular flexibility index (Phi) is 5.52. The largest absolute Gasteiger partial charge is 0.478 e. The van der Waals surface area contributed by atoms with Crippen LogP contribution in [0.1, 0.15) is 36.8 Å². The maximum atomic E-state index is 13.1. The fraction of sp³-hybridized carbons (Fsp3) is 0.0500. The van der Waals surface area contributed by atoms with Gasteiger partial charge in [-0.05, 0) is 52.3 Å². The lowest BCUT2D eigenvalue weighted by atomic mass is 10.1. The van der Waals surface area contributed by atoms with Crippen molar-refractivity contribution in [2.45, 2.75) is 6.54 Å². The van der Waals surface area contributed by atoms with E-state index in [1.165, 1.54) is 24.5 Å². The van der Waals surface area contributed by atoms with E-state index in [0.29, 0.717) is 10.2 Å². The molecule has 0 saturated heterocycles. The summed E-state index contributed by atoms with van der Waals surface area (Å²) in [5.74, 6) is -2.13. The lowest BCUT2D eigenvalue weighted by Gasteiger charge is -2.21. The molecule has 0 fully saturated rings. The van der Waals surface area contributed by atoms with Crippen LogP contribution in [-0.2, 0) is 6.54 Å². The molecule has 0 saturated carbocycles. The molecule has 0 unspecified atom stereocenters. The average molecular weight is 428 g/mol. The maximum absolute atomic E-state index is 13.1. The zero-order chi connectivity index (χ0) is 19.4. The van der Waals surface area contributed by atoms with Crippen molar-refractivity contribution in [3.05, 3.63) is 93.9 Å². The third-order valence-corrected chi connectivity index (χ3v) is 4.57. The standard InChI is InChI=1S/C20H14BrNO5/c21-17-10-4-3-9-16(17)19(24)22(12-13-6-5-11-27-13)18(23)14-7-1-2-8-15(14)20(25)26/h1-11H,12H2,(H,25,26). The summed E-state index contributed by atoms with van der Waals surface area (Å²) in [5, 5.41) is 9.37. The molecule has 136 valence electrons. The third-order valence-electron chi connectivity index (χ3n) is 3.88. The number of nitrogens with zero attached hydrogens (tertiary/aromatic N) is 1. The molecule has 6 nitrogen and oxygen atoms in total. The molecule has 0 atom stereocenters. The van der Waals surface area contributed by atoms with Gasteiger partial charge in [0.1, 0.15) is 5.76 Å². The Morgan fingerprint density at radius 3 is 2.04 bits per heavy atom. The molecule has 0 aliphatic heterocycles. The van der Waals surface area contributed by atoms with Crippen LogP contribution < -0.4 is 0 Å². The molecule has 2 amide bonds. The van der Waals surface area contributed by atoms with Crippen LogP contribution in [0.2, 0.25) is 0 Å². The van der Waals surface area contributed by atoms with Gasteiger partial charge in [-0.25, -0.2) is 4.79 Å². The minimum Gasteiger partial charge on any atom is -0.478 e. The molecule has 27 heavy (non-hydrogen) atoms. The Balaban J connectivity index is 2.05. The summed E-state index contributed by atoms with van der Waals surface area (Å²) in [6.07, 6.45) is 1.44. The molecule has 2 aromatic carbocycles. The number of carbonyl (C=O) groups is 3. The normalized spacial score (nSPS) is 10.4. The van der Waals surface area contributed by atoms with E-state index >= 15 is 0 Å². The van der Waals surface area contributed by atoms with Crippen molar-refractivity contribution in [1.82, 2.24) is 4.90 Å². The first-order valence-electron chi connectivity index (χ1n) is 7.94. The van der Waals surface area contributed by atoms with Gasteiger partial charge in [0.05, 0.1) is 29.5 Å². The second kappa shape index (κ2) is 8.01. The Morgan fingerprint density at radius 2 is 1.44 bits per heavy atom. The monoisotopic (exact) mass is 427 g/mol. The van der Waals surface area contributed by atoms with E-state index in [0.717, 1.165) is 4.90 Å².